The molecule has 354 valence electrons. The monoisotopic (exact) mass is 938 g/mol. The number of ether oxygens (including phenoxy) is 4. The Labute approximate surface area is 385 Å². The number of nitrogens with one attached hydrogen (secondary N) is 3. The second kappa shape index (κ2) is 19.9. The summed E-state index contributed by atoms with van der Waals surface area (Å²) in [6, 6.07) is 10.7. The number of imidazole rings is 1. The number of hydrogen-bond acceptors (Lipinski definition) is 11. The van der Waals surface area contributed by atoms with Crippen molar-refractivity contribution in [1.82, 2.24) is 30.1 Å². The standard InChI is InChI=1S/C46H54ClF3N8O8/c1-26-24-56(43(61)45(2,3)4)15-16-57(26)38-12-11-30(22-51-38)41(59)54-34-21-37(66-46(48,49)50)32(20-33(34)47)27-7-9-28(10-8-27)35-23-52-40(53-35)36-19-31(63-5)25-58(36)42(60)39(55-44(62)64-6)29-13-17-65-18-14-29/h7-12,20-23,26,29,31,36,39H,13-19,24-25H2,1-6H3,(H,52,53)(H,54,59)(H,55,62)/t26-,31+,36+,39+/m1/s1. The van der Waals surface area contributed by atoms with Crippen molar-refractivity contribution in [2.75, 3.05) is 63.8 Å². The van der Waals surface area contributed by atoms with Crippen LogP contribution in [-0.4, -0.2) is 127 Å². The molecule has 0 aliphatic carbocycles. The van der Waals surface area contributed by atoms with Crippen LogP contribution in [0.15, 0.2) is 60.9 Å². The van der Waals surface area contributed by atoms with Gasteiger partial charge in [0.15, 0.2) is 0 Å². The predicted octanol–water partition coefficient (Wildman–Crippen LogP) is 7.47. The molecule has 2 aromatic carbocycles. The number of halogens is 4. The molecule has 4 aromatic rings. The number of carbonyl (C=O) groups is 4. The molecule has 66 heavy (non-hydrogen) atoms. The third-order valence-electron chi connectivity index (χ3n) is 12.2. The van der Waals surface area contributed by atoms with Crippen LogP contribution in [0.25, 0.3) is 22.4 Å². The van der Waals surface area contributed by atoms with Crippen molar-refractivity contribution in [3.05, 3.63) is 77.3 Å². The summed E-state index contributed by atoms with van der Waals surface area (Å²) >= 11 is 6.62. The van der Waals surface area contributed by atoms with E-state index in [1.807, 2.05) is 37.5 Å². The fourth-order valence-corrected chi connectivity index (χ4v) is 8.88. The van der Waals surface area contributed by atoms with Crippen LogP contribution in [0, 0.1) is 11.3 Å². The van der Waals surface area contributed by atoms with Crippen LogP contribution in [0.2, 0.25) is 5.02 Å². The summed E-state index contributed by atoms with van der Waals surface area (Å²) in [5.74, 6) is -0.533. The van der Waals surface area contributed by atoms with Gasteiger partial charge in [-0.3, -0.25) is 14.4 Å². The van der Waals surface area contributed by atoms with Gasteiger partial charge in [-0.1, -0.05) is 56.6 Å². The number of nitrogens with zero attached hydrogens (tertiary/aromatic N) is 5. The van der Waals surface area contributed by atoms with E-state index in [-0.39, 0.29) is 58.3 Å². The minimum atomic E-state index is -5.07. The highest BCUT2D eigenvalue weighted by Crippen LogP contribution is 2.41. The van der Waals surface area contributed by atoms with Gasteiger partial charge in [-0.25, -0.2) is 14.8 Å². The Balaban J connectivity index is 1.06. The van der Waals surface area contributed by atoms with Crippen LogP contribution in [0.4, 0.5) is 29.5 Å². The number of piperazine rings is 1. The number of methoxy groups -OCH3 is 2. The molecule has 4 atom stereocenters. The van der Waals surface area contributed by atoms with E-state index in [4.69, 9.17) is 25.8 Å². The lowest BCUT2D eigenvalue weighted by atomic mass is 9.90. The van der Waals surface area contributed by atoms with Gasteiger partial charge in [0.05, 0.1) is 47.4 Å². The van der Waals surface area contributed by atoms with Crippen molar-refractivity contribution in [3.63, 3.8) is 0 Å². The van der Waals surface area contributed by atoms with E-state index in [0.29, 0.717) is 80.6 Å². The molecule has 20 heteroatoms. The average Bonchev–Trinajstić information content (AvgIpc) is 3.97. The Morgan fingerprint density at radius 3 is 2.27 bits per heavy atom. The number of alkyl halides is 3. The maximum Gasteiger partial charge on any atom is 0.573 e. The normalized spacial score (nSPS) is 19.9. The van der Waals surface area contributed by atoms with Gasteiger partial charge in [0.1, 0.15) is 23.4 Å². The summed E-state index contributed by atoms with van der Waals surface area (Å²) < 4.78 is 62.0. The molecular weight excluding hydrogens is 885 g/mol. The Morgan fingerprint density at radius 2 is 1.65 bits per heavy atom. The zero-order valence-corrected chi connectivity index (χ0v) is 38.3. The molecule has 0 unspecified atom stereocenters. The number of pyridine rings is 1. The van der Waals surface area contributed by atoms with Crippen LogP contribution in [0.5, 0.6) is 5.75 Å². The van der Waals surface area contributed by atoms with Crippen LogP contribution in [0.1, 0.15) is 69.2 Å². The quantitative estimate of drug-likeness (QED) is 0.136. The Kier molecular flexibility index (Phi) is 14.5. The summed E-state index contributed by atoms with van der Waals surface area (Å²) in [7, 11) is 2.81. The number of aromatic amines is 1. The van der Waals surface area contributed by atoms with Crippen molar-refractivity contribution in [3.8, 4) is 28.1 Å². The van der Waals surface area contributed by atoms with Crippen LogP contribution < -0.4 is 20.3 Å². The topological polar surface area (TPSA) is 181 Å². The van der Waals surface area contributed by atoms with E-state index < -0.39 is 41.6 Å². The molecule has 4 amide bonds. The Hall–Kier alpha value is -5.92. The van der Waals surface area contributed by atoms with E-state index >= 15 is 0 Å². The molecular formula is C46H54ClF3N8O8. The van der Waals surface area contributed by atoms with Crippen LogP contribution in [-0.2, 0) is 23.8 Å². The SMILES string of the molecule is COC(=O)N[C@H](C(=O)N1C[C@@H](OC)C[C@H]1c1ncc(-c2ccc(-c3cc(Cl)c(NC(=O)c4ccc(N5CCN(C(=O)C(C)(C)C)C[C@H]5C)nc4)cc3OC(F)(F)F)cc2)[nH]1)C1CCOCC1. The molecule has 3 aliphatic rings. The van der Waals surface area contributed by atoms with Gasteiger partial charge in [-0.15, -0.1) is 13.2 Å². The van der Waals surface area contributed by atoms with Crippen LogP contribution in [0.3, 0.4) is 0 Å². The number of rotatable bonds is 11. The average molecular weight is 939 g/mol. The number of carbonyl (C=O) groups excluding carboxylic acids is 4. The summed E-state index contributed by atoms with van der Waals surface area (Å²) in [5, 5.41) is 5.28. The maximum atomic E-state index is 14.2. The fraction of sp³-hybridized carbons (Fsp3) is 0.478. The fourth-order valence-electron chi connectivity index (χ4n) is 8.67. The molecule has 7 rings (SSSR count). The second-order valence-corrected chi connectivity index (χ2v) is 18.1. The van der Waals surface area contributed by atoms with E-state index in [1.165, 1.54) is 19.4 Å². The number of likely N-dealkylation sites (tertiary alicyclic amines) is 1. The number of benzene rings is 2. The summed E-state index contributed by atoms with van der Waals surface area (Å²) in [5.41, 5.74) is 1.11. The second-order valence-electron chi connectivity index (χ2n) is 17.7. The lowest BCUT2D eigenvalue weighted by Crippen LogP contribution is -2.56. The number of alkyl carbamates (subject to hydrolysis) is 1. The molecule has 3 fully saturated rings. The highest BCUT2D eigenvalue weighted by atomic mass is 35.5. The van der Waals surface area contributed by atoms with E-state index in [1.54, 1.807) is 54.6 Å². The molecule has 3 aliphatic heterocycles. The minimum absolute atomic E-state index is 0.0157. The van der Waals surface area contributed by atoms with Gasteiger partial charge in [0, 0.05) is 82.2 Å². The zero-order valence-electron chi connectivity index (χ0n) is 37.5. The van der Waals surface area contributed by atoms with Crippen LogP contribution >= 0.6 is 11.6 Å². The lowest BCUT2D eigenvalue weighted by Gasteiger charge is -2.42. The molecule has 0 radical (unpaired) electrons. The first-order valence-corrected chi connectivity index (χ1v) is 22.0. The number of amides is 4. The predicted molar refractivity (Wildman–Crippen MR) is 239 cm³/mol. The first-order valence-electron chi connectivity index (χ1n) is 21.7. The van der Waals surface area contributed by atoms with Crippen molar-refractivity contribution in [2.24, 2.45) is 11.3 Å². The Morgan fingerprint density at radius 1 is 0.939 bits per heavy atom. The maximum absolute atomic E-state index is 14.2. The van der Waals surface area contributed by atoms with Crippen molar-refractivity contribution < 1.29 is 51.3 Å². The first-order chi connectivity index (χ1) is 31.3. The highest BCUT2D eigenvalue weighted by Gasteiger charge is 2.43. The first kappa shape index (κ1) is 48.0. The molecule has 3 saturated heterocycles. The lowest BCUT2D eigenvalue weighted by molar-refractivity contribution is -0.274. The third kappa shape index (κ3) is 11.0. The smallest absolute Gasteiger partial charge is 0.453 e. The van der Waals surface area contributed by atoms with Crippen molar-refractivity contribution >= 4 is 46.9 Å². The van der Waals surface area contributed by atoms with Gasteiger partial charge in [-0.2, -0.15) is 0 Å². The molecule has 0 bridgehead atoms. The summed E-state index contributed by atoms with van der Waals surface area (Å²) in [6.07, 6.45) is -1.50. The van der Waals surface area contributed by atoms with Gasteiger partial charge < -0.3 is 49.3 Å². The van der Waals surface area contributed by atoms with E-state index in [2.05, 4.69) is 30.3 Å². The molecule has 5 heterocycles. The molecule has 2 aromatic heterocycles. The Bertz CT molecular complexity index is 2390. The highest BCUT2D eigenvalue weighted by molar-refractivity contribution is 6.34. The zero-order chi connectivity index (χ0) is 47.5. The summed E-state index contributed by atoms with van der Waals surface area (Å²) in [4.78, 5) is 70.7. The largest absolute Gasteiger partial charge is 0.573 e. The van der Waals surface area contributed by atoms with E-state index in [9.17, 15) is 32.3 Å². The third-order valence-corrected chi connectivity index (χ3v) is 12.5. The summed E-state index contributed by atoms with van der Waals surface area (Å²) in [6.45, 7) is 10.4. The number of hydrogen-bond donors (Lipinski definition) is 3. The number of anilines is 2. The van der Waals surface area contributed by atoms with Gasteiger partial charge >= 0.3 is 12.5 Å². The van der Waals surface area contributed by atoms with E-state index in [0.717, 1.165) is 6.07 Å². The van der Waals surface area contributed by atoms with Crippen molar-refractivity contribution in [1.29, 1.82) is 0 Å². The molecule has 16 nitrogen and oxygen atoms in total. The number of H-pyrrole nitrogens is 1. The minimum Gasteiger partial charge on any atom is -0.453 e. The number of aromatic nitrogens is 3. The molecule has 0 saturated carbocycles. The van der Waals surface area contributed by atoms with Gasteiger partial charge in [-0.05, 0) is 55.0 Å². The van der Waals surface area contributed by atoms with Gasteiger partial charge in [0.25, 0.3) is 5.91 Å². The molecule has 3 N–H and O–H groups in total. The molecule has 0 spiro atoms. The van der Waals surface area contributed by atoms with Crippen molar-refractivity contribution in [2.45, 2.75) is 77.5 Å². The van der Waals surface area contributed by atoms with Gasteiger partial charge in [0.2, 0.25) is 11.8 Å².